The van der Waals surface area contributed by atoms with Crippen molar-refractivity contribution in [2.24, 2.45) is 0 Å². The Bertz CT molecular complexity index is 991. The van der Waals surface area contributed by atoms with Gasteiger partial charge in [0.05, 0.1) is 6.54 Å². The van der Waals surface area contributed by atoms with Crippen LogP contribution >= 0.6 is 0 Å². The molecule has 2 aliphatic heterocycles. The summed E-state index contributed by atoms with van der Waals surface area (Å²) in [6.07, 6.45) is 3.05. The maximum Gasteiger partial charge on any atom is 0.219 e. The summed E-state index contributed by atoms with van der Waals surface area (Å²) in [4.78, 5) is 29.0. The van der Waals surface area contributed by atoms with E-state index in [-0.39, 0.29) is 17.5 Å². The predicted octanol–water partition coefficient (Wildman–Crippen LogP) is 4.37. The van der Waals surface area contributed by atoms with Gasteiger partial charge in [0.15, 0.2) is 5.78 Å². The van der Waals surface area contributed by atoms with Gasteiger partial charge in [-0.3, -0.25) is 14.5 Å². The van der Waals surface area contributed by atoms with Gasteiger partial charge in [-0.2, -0.15) is 0 Å². The highest BCUT2D eigenvalue weighted by molar-refractivity contribution is 5.95. The van der Waals surface area contributed by atoms with Gasteiger partial charge in [0.2, 0.25) is 5.91 Å². The minimum Gasteiger partial charge on any atom is -0.484 e. The number of likely N-dealkylation sites (tertiary alicyclic amines) is 1. The molecule has 2 aromatic rings. The Labute approximate surface area is 189 Å². The molecule has 5 nitrogen and oxygen atoms in total. The number of rotatable bonds is 5. The number of carbonyl (C=O) groups is 2. The van der Waals surface area contributed by atoms with E-state index < -0.39 is 5.60 Å². The molecular formula is C26H31FN2O3. The van der Waals surface area contributed by atoms with Gasteiger partial charge in [-0.1, -0.05) is 17.7 Å². The van der Waals surface area contributed by atoms with Crippen LogP contribution in [0.3, 0.4) is 0 Å². The van der Waals surface area contributed by atoms with Crippen LogP contribution in [0, 0.1) is 12.7 Å². The largest absolute Gasteiger partial charge is 0.484 e. The van der Waals surface area contributed by atoms with Crippen molar-refractivity contribution in [2.75, 3.05) is 26.2 Å². The fourth-order valence-electron chi connectivity index (χ4n) is 4.87. The maximum atomic E-state index is 13.1. The molecule has 170 valence electrons. The van der Waals surface area contributed by atoms with E-state index >= 15 is 0 Å². The molecule has 1 amide bonds. The fourth-order valence-corrected chi connectivity index (χ4v) is 4.87. The summed E-state index contributed by atoms with van der Waals surface area (Å²) in [6.45, 7) is 7.29. The van der Waals surface area contributed by atoms with Crippen molar-refractivity contribution in [2.45, 2.75) is 51.7 Å². The SMILES string of the molecule is CC(=O)N1Cc2cc(C)ccc2O[C@@]2(CCCN(CCCC(=O)c3ccc(F)cc3)C2)C1. The summed E-state index contributed by atoms with van der Waals surface area (Å²) in [5.74, 6) is 0.631. The molecule has 1 spiro atoms. The molecule has 0 N–H and O–H groups in total. The van der Waals surface area contributed by atoms with E-state index in [1.54, 1.807) is 19.1 Å². The van der Waals surface area contributed by atoms with Crippen molar-refractivity contribution in [1.82, 2.24) is 9.80 Å². The number of Topliss-reactive ketones (excluding diaryl/α,β-unsaturated/α-hetero) is 1. The molecule has 0 unspecified atom stereocenters. The highest BCUT2D eigenvalue weighted by Gasteiger charge is 2.42. The van der Waals surface area contributed by atoms with Gasteiger partial charge in [-0.05, 0) is 69.6 Å². The third kappa shape index (κ3) is 5.18. The Morgan fingerprint density at radius 3 is 2.66 bits per heavy atom. The quantitative estimate of drug-likeness (QED) is 0.651. The van der Waals surface area contributed by atoms with Crippen molar-refractivity contribution in [3.05, 3.63) is 65.0 Å². The Balaban J connectivity index is 1.42. The van der Waals surface area contributed by atoms with E-state index in [0.717, 1.165) is 55.8 Å². The molecule has 1 saturated heterocycles. The van der Waals surface area contributed by atoms with E-state index in [4.69, 9.17) is 4.74 Å². The van der Waals surface area contributed by atoms with Crippen LogP contribution in [-0.2, 0) is 11.3 Å². The Kier molecular flexibility index (Phi) is 6.60. The Hall–Kier alpha value is -2.73. The van der Waals surface area contributed by atoms with Crippen molar-refractivity contribution in [3.8, 4) is 5.75 Å². The number of aryl methyl sites for hydroxylation is 1. The van der Waals surface area contributed by atoms with Gasteiger partial charge in [0, 0.05) is 37.6 Å². The van der Waals surface area contributed by atoms with Crippen LogP contribution in [0.5, 0.6) is 5.75 Å². The standard InChI is InChI=1S/C26H31FN2O3/c1-19-6-11-25-22(15-19)16-29(20(2)30)18-26(32-25)12-4-14-28(17-26)13-3-5-24(31)21-7-9-23(27)10-8-21/h6-11,15H,3-5,12-14,16-18H2,1-2H3/t26-/m1/s1. The van der Waals surface area contributed by atoms with E-state index in [0.29, 0.717) is 25.1 Å². The molecule has 6 heteroatoms. The third-order valence-electron chi connectivity index (χ3n) is 6.49. The molecular weight excluding hydrogens is 407 g/mol. The van der Waals surface area contributed by atoms with Crippen LogP contribution in [0.15, 0.2) is 42.5 Å². The highest BCUT2D eigenvalue weighted by atomic mass is 19.1. The summed E-state index contributed by atoms with van der Waals surface area (Å²) < 4.78 is 19.7. The second-order valence-electron chi connectivity index (χ2n) is 9.18. The monoisotopic (exact) mass is 438 g/mol. The molecule has 2 heterocycles. The number of hydrogen-bond acceptors (Lipinski definition) is 4. The maximum absolute atomic E-state index is 13.1. The first-order valence-electron chi connectivity index (χ1n) is 11.4. The normalized spacial score (nSPS) is 21.0. The molecule has 32 heavy (non-hydrogen) atoms. The average Bonchev–Trinajstić information content (AvgIpc) is 2.90. The number of halogens is 1. The lowest BCUT2D eigenvalue weighted by atomic mass is 9.91. The summed E-state index contributed by atoms with van der Waals surface area (Å²) in [7, 11) is 0. The van der Waals surface area contributed by atoms with Gasteiger partial charge in [-0.25, -0.2) is 4.39 Å². The van der Waals surface area contributed by atoms with E-state index in [1.807, 2.05) is 11.0 Å². The fraction of sp³-hybridized carbons (Fsp3) is 0.462. The lowest BCUT2D eigenvalue weighted by molar-refractivity contribution is -0.133. The smallest absolute Gasteiger partial charge is 0.219 e. The minimum absolute atomic E-state index is 0.0366. The lowest BCUT2D eigenvalue weighted by Crippen LogP contribution is -2.57. The summed E-state index contributed by atoms with van der Waals surface area (Å²) in [5.41, 5.74) is 2.32. The highest BCUT2D eigenvalue weighted by Crippen LogP contribution is 2.35. The van der Waals surface area contributed by atoms with Gasteiger partial charge in [0.25, 0.3) is 0 Å². The van der Waals surface area contributed by atoms with Gasteiger partial charge in [-0.15, -0.1) is 0 Å². The zero-order valence-electron chi connectivity index (χ0n) is 18.9. The summed E-state index contributed by atoms with van der Waals surface area (Å²) in [5, 5.41) is 0. The second kappa shape index (κ2) is 9.41. The zero-order valence-corrected chi connectivity index (χ0v) is 18.9. The van der Waals surface area contributed by atoms with Crippen LogP contribution in [-0.4, -0.2) is 53.3 Å². The molecule has 2 aromatic carbocycles. The molecule has 0 bridgehead atoms. The summed E-state index contributed by atoms with van der Waals surface area (Å²) >= 11 is 0. The average molecular weight is 439 g/mol. The van der Waals surface area contributed by atoms with Crippen LogP contribution in [0.1, 0.15) is 54.1 Å². The molecule has 0 saturated carbocycles. The number of carbonyl (C=O) groups excluding carboxylic acids is 2. The van der Waals surface area contributed by atoms with Gasteiger partial charge >= 0.3 is 0 Å². The van der Waals surface area contributed by atoms with Gasteiger partial charge < -0.3 is 9.64 Å². The first kappa shape index (κ1) is 22.5. The molecule has 4 rings (SSSR count). The molecule has 1 atom stereocenters. The first-order valence-corrected chi connectivity index (χ1v) is 11.4. The van der Waals surface area contributed by atoms with E-state index in [2.05, 4.69) is 24.0 Å². The number of piperidine rings is 1. The predicted molar refractivity (Wildman–Crippen MR) is 121 cm³/mol. The molecule has 0 aliphatic carbocycles. The number of ketones is 1. The molecule has 1 fully saturated rings. The molecule has 0 radical (unpaired) electrons. The molecule has 2 aliphatic rings. The first-order chi connectivity index (χ1) is 15.3. The van der Waals surface area contributed by atoms with Crippen LogP contribution in [0.2, 0.25) is 0 Å². The zero-order chi connectivity index (χ0) is 22.7. The van der Waals surface area contributed by atoms with Crippen molar-refractivity contribution < 1.29 is 18.7 Å². The number of nitrogens with zero attached hydrogens (tertiary/aromatic N) is 2. The number of benzene rings is 2. The van der Waals surface area contributed by atoms with E-state index in [9.17, 15) is 14.0 Å². The Morgan fingerprint density at radius 1 is 1.12 bits per heavy atom. The third-order valence-corrected chi connectivity index (χ3v) is 6.49. The number of ether oxygens (including phenoxy) is 1. The van der Waals surface area contributed by atoms with Crippen molar-refractivity contribution >= 4 is 11.7 Å². The van der Waals surface area contributed by atoms with Crippen molar-refractivity contribution in [1.29, 1.82) is 0 Å². The summed E-state index contributed by atoms with van der Waals surface area (Å²) in [6, 6.07) is 11.9. The van der Waals surface area contributed by atoms with E-state index in [1.165, 1.54) is 12.1 Å². The van der Waals surface area contributed by atoms with Crippen LogP contribution < -0.4 is 4.74 Å². The number of fused-ring (bicyclic) bond motifs is 1. The topological polar surface area (TPSA) is 49.9 Å². The lowest BCUT2D eigenvalue weighted by Gasteiger charge is -2.43. The van der Waals surface area contributed by atoms with Gasteiger partial charge in [0.1, 0.15) is 17.2 Å². The number of amides is 1. The molecule has 0 aromatic heterocycles. The van der Waals surface area contributed by atoms with Crippen LogP contribution in [0.25, 0.3) is 0 Å². The number of hydrogen-bond donors (Lipinski definition) is 0. The van der Waals surface area contributed by atoms with Crippen molar-refractivity contribution in [3.63, 3.8) is 0 Å². The second-order valence-corrected chi connectivity index (χ2v) is 9.18. The minimum atomic E-state index is -0.439. The Morgan fingerprint density at radius 2 is 1.91 bits per heavy atom. The van der Waals surface area contributed by atoms with Crippen LogP contribution in [0.4, 0.5) is 4.39 Å².